The first-order valence-electron chi connectivity index (χ1n) is 5.31. The minimum Gasteiger partial charge on any atom is -0.493 e. The molecule has 1 aromatic rings. The van der Waals surface area contributed by atoms with Gasteiger partial charge in [-0.05, 0) is 30.7 Å². The maximum Gasteiger partial charge on any atom is 0.255 e. The molecule has 0 fully saturated rings. The van der Waals surface area contributed by atoms with Crippen molar-refractivity contribution in [2.24, 2.45) is 0 Å². The fourth-order valence-electron chi connectivity index (χ4n) is 1.79. The van der Waals surface area contributed by atoms with Crippen molar-refractivity contribution in [3.8, 4) is 5.75 Å². The van der Waals surface area contributed by atoms with Gasteiger partial charge in [-0.15, -0.1) is 0 Å². The number of anilines is 1. The molecular weight excluding hydrogens is 206 g/mol. The van der Waals surface area contributed by atoms with Crippen molar-refractivity contribution in [3.05, 3.63) is 23.8 Å². The van der Waals surface area contributed by atoms with Gasteiger partial charge in [-0.3, -0.25) is 4.79 Å². The molecular formula is C12H15NO3. The predicted molar refractivity (Wildman–Crippen MR) is 60.7 cm³/mol. The molecule has 1 aliphatic rings. The SMILES string of the molecule is CC(O)C(=O)N(C)c1ccc2c(c1)CCO2. The summed E-state index contributed by atoms with van der Waals surface area (Å²) in [5, 5.41) is 9.23. The van der Waals surface area contributed by atoms with Crippen LogP contribution in [-0.2, 0) is 11.2 Å². The van der Waals surface area contributed by atoms with Crippen molar-refractivity contribution in [2.75, 3.05) is 18.6 Å². The molecule has 0 aromatic heterocycles. The van der Waals surface area contributed by atoms with Gasteiger partial charge in [0, 0.05) is 19.2 Å². The highest BCUT2D eigenvalue weighted by molar-refractivity contribution is 5.95. The number of carbonyl (C=O) groups excluding carboxylic acids is 1. The van der Waals surface area contributed by atoms with Gasteiger partial charge in [-0.2, -0.15) is 0 Å². The average molecular weight is 221 g/mol. The highest BCUT2D eigenvalue weighted by Gasteiger charge is 2.18. The zero-order valence-corrected chi connectivity index (χ0v) is 9.43. The van der Waals surface area contributed by atoms with Crippen molar-refractivity contribution in [1.29, 1.82) is 0 Å². The first-order chi connectivity index (χ1) is 7.59. The van der Waals surface area contributed by atoms with E-state index in [1.807, 2.05) is 18.2 Å². The minimum absolute atomic E-state index is 0.307. The zero-order valence-electron chi connectivity index (χ0n) is 9.43. The fourth-order valence-corrected chi connectivity index (χ4v) is 1.79. The van der Waals surface area contributed by atoms with Gasteiger partial charge in [-0.25, -0.2) is 0 Å². The van der Waals surface area contributed by atoms with Crippen LogP contribution in [0.25, 0.3) is 0 Å². The molecule has 16 heavy (non-hydrogen) atoms. The minimum atomic E-state index is -0.977. The highest BCUT2D eigenvalue weighted by Crippen LogP contribution is 2.29. The molecule has 86 valence electrons. The quantitative estimate of drug-likeness (QED) is 0.809. The Hall–Kier alpha value is -1.55. The summed E-state index contributed by atoms with van der Waals surface area (Å²) in [5.74, 6) is 0.584. The Kier molecular flexibility index (Phi) is 2.83. The first kappa shape index (κ1) is 11.0. The Balaban J connectivity index is 2.24. The maximum absolute atomic E-state index is 11.6. The first-order valence-corrected chi connectivity index (χ1v) is 5.31. The Labute approximate surface area is 94.4 Å². The van der Waals surface area contributed by atoms with Gasteiger partial charge in [0.05, 0.1) is 6.61 Å². The summed E-state index contributed by atoms with van der Waals surface area (Å²) in [6.45, 7) is 2.17. The van der Waals surface area contributed by atoms with Crippen LogP contribution in [0.5, 0.6) is 5.75 Å². The van der Waals surface area contributed by atoms with Gasteiger partial charge in [0.2, 0.25) is 0 Å². The number of hydrogen-bond acceptors (Lipinski definition) is 3. The van der Waals surface area contributed by atoms with E-state index in [1.165, 1.54) is 11.8 Å². The monoisotopic (exact) mass is 221 g/mol. The number of aliphatic hydroxyl groups is 1. The van der Waals surface area contributed by atoms with Crippen LogP contribution in [0, 0.1) is 0 Å². The van der Waals surface area contributed by atoms with E-state index in [4.69, 9.17) is 4.74 Å². The molecule has 1 aromatic carbocycles. The number of nitrogens with zero attached hydrogens (tertiary/aromatic N) is 1. The summed E-state index contributed by atoms with van der Waals surface area (Å²) in [7, 11) is 1.66. The maximum atomic E-state index is 11.6. The van der Waals surface area contributed by atoms with Crippen molar-refractivity contribution in [3.63, 3.8) is 0 Å². The summed E-state index contributed by atoms with van der Waals surface area (Å²) in [5.41, 5.74) is 1.90. The molecule has 2 rings (SSSR count). The molecule has 1 amide bonds. The molecule has 0 aliphatic carbocycles. The molecule has 4 nitrogen and oxygen atoms in total. The largest absolute Gasteiger partial charge is 0.493 e. The number of fused-ring (bicyclic) bond motifs is 1. The normalized spacial score (nSPS) is 15.2. The second kappa shape index (κ2) is 4.14. The van der Waals surface area contributed by atoms with E-state index in [-0.39, 0.29) is 5.91 Å². The number of hydrogen-bond donors (Lipinski definition) is 1. The van der Waals surface area contributed by atoms with E-state index in [0.29, 0.717) is 6.61 Å². The van der Waals surface area contributed by atoms with Crippen LogP contribution in [0.3, 0.4) is 0 Å². The summed E-state index contributed by atoms with van der Waals surface area (Å²) in [4.78, 5) is 13.0. The van der Waals surface area contributed by atoms with E-state index in [0.717, 1.165) is 23.4 Å². The molecule has 1 heterocycles. The van der Waals surface area contributed by atoms with Gasteiger partial charge < -0.3 is 14.7 Å². The molecule has 1 aliphatic heterocycles. The number of amides is 1. The molecule has 0 bridgehead atoms. The van der Waals surface area contributed by atoms with Crippen LogP contribution < -0.4 is 9.64 Å². The Morgan fingerprint density at radius 2 is 2.31 bits per heavy atom. The summed E-state index contributed by atoms with van der Waals surface area (Å²) in [6, 6.07) is 5.62. The lowest BCUT2D eigenvalue weighted by Crippen LogP contribution is -2.34. The van der Waals surface area contributed by atoms with E-state index >= 15 is 0 Å². The third kappa shape index (κ3) is 1.88. The molecule has 4 heteroatoms. The molecule has 0 saturated heterocycles. The second-order valence-corrected chi connectivity index (χ2v) is 3.96. The fraction of sp³-hybridized carbons (Fsp3) is 0.417. The van der Waals surface area contributed by atoms with Crippen LogP contribution in [0.4, 0.5) is 5.69 Å². The van der Waals surface area contributed by atoms with Gasteiger partial charge >= 0.3 is 0 Å². The lowest BCUT2D eigenvalue weighted by molar-refractivity contribution is -0.125. The number of carbonyl (C=O) groups is 1. The molecule has 0 spiro atoms. The summed E-state index contributed by atoms with van der Waals surface area (Å²) in [6.07, 6.45) is -0.102. The van der Waals surface area contributed by atoms with Gasteiger partial charge in [0.15, 0.2) is 0 Å². The van der Waals surface area contributed by atoms with Crippen molar-refractivity contribution < 1.29 is 14.6 Å². The number of likely N-dealkylation sites (N-methyl/N-ethyl adjacent to an activating group) is 1. The topological polar surface area (TPSA) is 49.8 Å². The van der Waals surface area contributed by atoms with Gasteiger partial charge in [-0.1, -0.05) is 0 Å². The van der Waals surface area contributed by atoms with Crippen LogP contribution in [-0.4, -0.2) is 30.8 Å². The summed E-state index contributed by atoms with van der Waals surface area (Å²) < 4.78 is 5.39. The van der Waals surface area contributed by atoms with E-state index in [1.54, 1.807) is 7.05 Å². The second-order valence-electron chi connectivity index (χ2n) is 3.96. The molecule has 0 radical (unpaired) electrons. The Morgan fingerprint density at radius 3 is 3.00 bits per heavy atom. The molecule has 1 unspecified atom stereocenters. The van der Waals surface area contributed by atoms with Crippen LogP contribution in [0.2, 0.25) is 0 Å². The van der Waals surface area contributed by atoms with E-state index in [2.05, 4.69) is 0 Å². The third-order valence-electron chi connectivity index (χ3n) is 2.75. The van der Waals surface area contributed by atoms with Gasteiger partial charge in [0.1, 0.15) is 11.9 Å². The zero-order chi connectivity index (χ0) is 11.7. The number of rotatable bonds is 2. The smallest absolute Gasteiger partial charge is 0.255 e. The lowest BCUT2D eigenvalue weighted by Gasteiger charge is -2.19. The van der Waals surface area contributed by atoms with Crippen LogP contribution >= 0.6 is 0 Å². The molecule has 0 saturated carbocycles. The van der Waals surface area contributed by atoms with Crippen molar-refractivity contribution in [1.82, 2.24) is 0 Å². The highest BCUT2D eigenvalue weighted by atomic mass is 16.5. The predicted octanol–water partition coefficient (Wildman–Crippen LogP) is 0.965. The number of aliphatic hydroxyl groups excluding tert-OH is 1. The Morgan fingerprint density at radius 1 is 1.56 bits per heavy atom. The van der Waals surface area contributed by atoms with Crippen molar-refractivity contribution >= 4 is 11.6 Å². The average Bonchev–Trinajstić information content (AvgIpc) is 2.73. The number of ether oxygens (including phenoxy) is 1. The summed E-state index contributed by atoms with van der Waals surface area (Å²) >= 11 is 0. The van der Waals surface area contributed by atoms with E-state index < -0.39 is 6.10 Å². The van der Waals surface area contributed by atoms with Crippen LogP contribution in [0.15, 0.2) is 18.2 Å². The van der Waals surface area contributed by atoms with Crippen molar-refractivity contribution in [2.45, 2.75) is 19.4 Å². The van der Waals surface area contributed by atoms with E-state index in [9.17, 15) is 9.90 Å². The lowest BCUT2D eigenvalue weighted by atomic mass is 10.1. The third-order valence-corrected chi connectivity index (χ3v) is 2.75. The van der Waals surface area contributed by atoms with Crippen LogP contribution in [0.1, 0.15) is 12.5 Å². The van der Waals surface area contributed by atoms with Gasteiger partial charge in [0.25, 0.3) is 5.91 Å². The number of benzene rings is 1. The standard InChI is InChI=1S/C12H15NO3/c1-8(14)12(15)13(2)10-3-4-11-9(7-10)5-6-16-11/h3-4,7-8,14H,5-6H2,1-2H3. The molecule has 1 atom stereocenters. The Bertz CT molecular complexity index is 415. The molecule has 1 N–H and O–H groups in total.